The van der Waals surface area contributed by atoms with E-state index in [2.05, 4.69) is 5.32 Å². The second kappa shape index (κ2) is 6.77. The van der Waals surface area contributed by atoms with Gasteiger partial charge < -0.3 is 20.6 Å². The molecule has 0 aliphatic carbocycles. The highest BCUT2D eigenvalue weighted by Crippen LogP contribution is 2.42. The fourth-order valence-corrected chi connectivity index (χ4v) is 3.22. The van der Waals surface area contributed by atoms with Gasteiger partial charge in [0.2, 0.25) is 0 Å². The third kappa shape index (κ3) is 3.02. The third-order valence-corrected chi connectivity index (χ3v) is 4.46. The summed E-state index contributed by atoms with van der Waals surface area (Å²) in [7, 11) is 0. The molecule has 2 atom stereocenters. The molecule has 4 N–H and O–H groups in total. The van der Waals surface area contributed by atoms with Crippen molar-refractivity contribution in [3.05, 3.63) is 52.5 Å². The molecule has 6 heteroatoms. The maximum atomic E-state index is 9.77. The Morgan fingerprint density at radius 2 is 1.64 bits per heavy atom. The Bertz CT molecular complexity index is 680. The lowest BCUT2D eigenvalue weighted by Gasteiger charge is -2.21. The molecular weight excluding hydrogens is 370 g/mol. The molecule has 0 aromatic heterocycles. The summed E-state index contributed by atoms with van der Waals surface area (Å²) in [4.78, 5) is 0. The van der Waals surface area contributed by atoms with Gasteiger partial charge in [-0.05, 0) is 29.3 Å². The van der Waals surface area contributed by atoms with E-state index in [4.69, 9.17) is 11.6 Å². The van der Waals surface area contributed by atoms with Gasteiger partial charge in [-0.1, -0.05) is 29.8 Å². The first kappa shape index (κ1) is 16.9. The average Bonchev–Trinajstić information content (AvgIpc) is 2.94. The predicted octanol–water partition coefficient (Wildman–Crippen LogP) is 3.51. The highest BCUT2D eigenvalue weighted by atomic mass is 79.9. The molecule has 22 heavy (non-hydrogen) atoms. The van der Waals surface area contributed by atoms with Crippen LogP contribution in [0.2, 0.25) is 5.02 Å². The Kier molecular flexibility index (Phi) is 5.21. The molecule has 0 spiro atoms. The van der Waals surface area contributed by atoms with E-state index < -0.39 is 0 Å². The van der Waals surface area contributed by atoms with Crippen molar-refractivity contribution in [3.8, 4) is 17.2 Å². The molecule has 2 aromatic rings. The molecule has 1 fully saturated rings. The van der Waals surface area contributed by atoms with E-state index in [0.29, 0.717) is 5.02 Å². The van der Waals surface area contributed by atoms with Crippen LogP contribution in [0, 0.1) is 0 Å². The lowest BCUT2D eigenvalue weighted by molar-refractivity contribution is 0.402. The van der Waals surface area contributed by atoms with Crippen molar-refractivity contribution in [2.75, 3.05) is 13.1 Å². The number of phenols is 3. The first-order valence-electron chi connectivity index (χ1n) is 6.78. The maximum Gasteiger partial charge on any atom is 0.157 e. The van der Waals surface area contributed by atoms with Gasteiger partial charge in [0.15, 0.2) is 11.5 Å². The van der Waals surface area contributed by atoms with Crippen molar-refractivity contribution in [2.45, 2.75) is 11.8 Å². The number of benzene rings is 2. The average molecular weight is 387 g/mol. The number of aromatic hydroxyl groups is 3. The molecule has 1 heterocycles. The van der Waals surface area contributed by atoms with Gasteiger partial charge in [-0.3, -0.25) is 0 Å². The summed E-state index contributed by atoms with van der Waals surface area (Å²) in [6.07, 6.45) is 0. The predicted molar refractivity (Wildman–Crippen MR) is 91.6 cm³/mol. The largest absolute Gasteiger partial charge is 0.506 e. The molecule has 0 saturated carbocycles. The zero-order valence-corrected chi connectivity index (χ0v) is 14.1. The highest BCUT2D eigenvalue weighted by molar-refractivity contribution is 8.93. The normalized spacial score (nSPS) is 20.6. The van der Waals surface area contributed by atoms with E-state index in [1.807, 2.05) is 6.07 Å². The zero-order chi connectivity index (χ0) is 15.0. The van der Waals surface area contributed by atoms with E-state index in [0.717, 1.165) is 24.2 Å². The van der Waals surface area contributed by atoms with Gasteiger partial charge in [-0.25, -0.2) is 0 Å². The summed E-state index contributed by atoms with van der Waals surface area (Å²) in [6.45, 7) is 1.50. The molecule has 3 rings (SSSR count). The third-order valence-electron chi connectivity index (χ3n) is 4.05. The molecule has 4 nitrogen and oxygen atoms in total. The summed E-state index contributed by atoms with van der Waals surface area (Å²) >= 11 is 6.22. The summed E-state index contributed by atoms with van der Waals surface area (Å²) in [5.41, 5.74) is 1.82. The minimum Gasteiger partial charge on any atom is -0.506 e. The van der Waals surface area contributed by atoms with Crippen LogP contribution >= 0.6 is 28.6 Å². The van der Waals surface area contributed by atoms with E-state index in [1.165, 1.54) is 6.07 Å². The van der Waals surface area contributed by atoms with E-state index in [9.17, 15) is 15.3 Å². The maximum absolute atomic E-state index is 9.77. The van der Waals surface area contributed by atoms with Crippen LogP contribution < -0.4 is 5.32 Å². The summed E-state index contributed by atoms with van der Waals surface area (Å²) in [6, 6.07) is 10.1. The number of nitrogens with one attached hydrogen (secondary N) is 1. The Hall–Kier alpha value is -1.43. The number of rotatable bonds is 2. The molecule has 0 bridgehead atoms. The minimum atomic E-state index is -0.128. The summed E-state index contributed by atoms with van der Waals surface area (Å²) < 4.78 is 0. The van der Waals surface area contributed by atoms with Gasteiger partial charge in [0.1, 0.15) is 5.75 Å². The monoisotopic (exact) mass is 385 g/mol. The van der Waals surface area contributed by atoms with Crippen molar-refractivity contribution in [2.24, 2.45) is 0 Å². The van der Waals surface area contributed by atoms with Gasteiger partial charge >= 0.3 is 0 Å². The minimum absolute atomic E-state index is 0. The van der Waals surface area contributed by atoms with Crippen LogP contribution in [0.1, 0.15) is 23.0 Å². The number of halogens is 2. The fraction of sp³-hybridized carbons (Fsp3) is 0.250. The second-order valence-electron chi connectivity index (χ2n) is 5.30. The Morgan fingerprint density at radius 3 is 2.36 bits per heavy atom. The SMILES string of the molecule is Br.Oc1ccc([C@@H]2CNC[C@H]2c2cccc(O)c2Cl)cc1O. The number of hydrogen-bond acceptors (Lipinski definition) is 4. The van der Waals surface area contributed by atoms with Crippen LogP contribution in [-0.4, -0.2) is 28.4 Å². The standard InChI is InChI=1S/C16H16ClNO3.BrH/c17-16-10(2-1-3-14(16)20)12-8-18-7-11(12)9-4-5-13(19)15(21)6-9;/h1-6,11-12,18-21H,7-8H2;1H/t11-,12-;/m0./s1. The van der Waals surface area contributed by atoms with Crippen molar-refractivity contribution >= 4 is 28.6 Å². The van der Waals surface area contributed by atoms with Crippen LogP contribution in [0.5, 0.6) is 17.2 Å². The van der Waals surface area contributed by atoms with E-state index in [-0.39, 0.29) is 46.1 Å². The molecule has 0 amide bonds. The molecule has 0 radical (unpaired) electrons. The van der Waals surface area contributed by atoms with Gasteiger partial charge in [0.05, 0.1) is 5.02 Å². The molecule has 2 aromatic carbocycles. The summed E-state index contributed by atoms with van der Waals surface area (Å²) in [5.74, 6) is 0.0505. The van der Waals surface area contributed by atoms with E-state index >= 15 is 0 Å². The van der Waals surface area contributed by atoms with Crippen LogP contribution in [0.4, 0.5) is 0 Å². The first-order valence-corrected chi connectivity index (χ1v) is 7.15. The molecule has 118 valence electrons. The first-order chi connectivity index (χ1) is 10.1. The van der Waals surface area contributed by atoms with Gasteiger partial charge in [0.25, 0.3) is 0 Å². The summed E-state index contributed by atoms with van der Waals surface area (Å²) in [5, 5.41) is 32.6. The smallest absolute Gasteiger partial charge is 0.157 e. The van der Waals surface area contributed by atoms with Crippen LogP contribution in [0.25, 0.3) is 0 Å². The van der Waals surface area contributed by atoms with Crippen molar-refractivity contribution in [1.82, 2.24) is 5.32 Å². The van der Waals surface area contributed by atoms with Crippen LogP contribution in [0.3, 0.4) is 0 Å². The Labute approximate surface area is 144 Å². The van der Waals surface area contributed by atoms with Crippen molar-refractivity contribution < 1.29 is 15.3 Å². The van der Waals surface area contributed by atoms with Gasteiger partial charge in [-0.2, -0.15) is 0 Å². The molecule has 1 saturated heterocycles. The molecule has 1 aliphatic rings. The zero-order valence-electron chi connectivity index (χ0n) is 11.7. The Balaban J connectivity index is 0.00000176. The van der Waals surface area contributed by atoms with Crippen molar-refractivity contribution in [3.63, 3.8) is 0 Å². The topological polar surface area (TPSA) is 72.7 Å². The van der Waals surface area contributed by atoms with Crippen LogP contribution in [0.15, 0.2) is 36.4 Å². The number of phenolic OH excluding ortho intramolecular Hbond substituents is 3. The molecule has 1 aliphatic heterocycles. The second-order valence-corrected chi connectivity index (χ2v) is 5.68. The molecular formula is C16H17BrClNO3. The van der Waals surface area contributed by atoms with E-state index in [1.54, 1.807) is 24.3 Å². The number of hydrogen-bond donors (Lipinski definition) is 4. The Morgan fingerprint density at radius 1 is 0.909 bits per heavy atom. The van der Waals surface area contributed by atoms with Crippen LogP contribution in [-0.2, 0) is 0 Å². The van der Waals surface area contributed by atoms with Gasteiger partial charge in [0, 0.05) is 24.9 Å². The van der Waals surface area contributed by atoms with Gasteiger partial charge in [-0.15, -0.1) is 17.0 Å². The fourth-order valence-electron chi connectivity index (χ4n) is 2.95. The lowest BCUT2D eigenvalue weighted by Crippen LogP contribution is -2.09. The quantitative estimate of drug-likeness (QED) is 0.596. The highest BCUT2D eigenvalue weighted by Gasteiger charge is 2.32. The lowest BCUT2D eigenvalue weighted by atomic mass is 9.84. The molecule has 0 unspecified atom stereocenters. The van der Waals surface area contributed by atoms with Crippen molar-refractivity contribution in [1.29, 1.82) is 0 Å².